The van der Waals surface area contributed by atoms with E-state index >= 15 is 0 Å². The van der Waals surface area contributed by atoms with Gasteiger partial charge in [-0.25, -0.2) is 0 Å². The standard InChI is InChI=1S/C25H49NS2/c1-2-3-4-5-6-7-8-9-10-11-12-13-14-15-16-20-23-26(25(27)28)24-21-18-17-19-22-24/h24H,2-23H2,1H3,(H,27,28). The van der Waals surface area contributed by atoms with Crippen molar-refractivity contribution in [3.8, 4) is 0 Å². The Morgan fingerprint density at radius 2 is 1.07 bits per heavy atom. The molecule has 0 atom stereocenters. The van der Waals surface area contributed by atoms with E-state index in [0.717, 1.165) is 10.9 Å². The molecule has 0 heterocycles. The molecular formula is C25H49NS2. The molecule has 166 valence electrons. The van der Waals surface area contributed by atoms with Gasteiger partial charge in [-0.2, -0.15) is 0 Å². The summed E-state index contributed by atoms with van der Waals surface area (Å²) in [5, 5.41) is 0. The molecule has 1 aliphatic carbocycles. The highest BCUT2D eigenvalue weighted by atomic mass is 32.1. The number of hydrogen-bond acceptors (Lipinski definition) is 1. The van der Waals surface area contributed by atoms with Gasteiger partial charge in [-0.05, 0) is 19.3 Å². The summed E-state index contributed by atoms with van der Waals surface area (Å²) in [4.78, 5) is 2.42. The average Bonchev–Trinajstić information content (AvgIpc) is 2.70. The molecule has 0 N–H and O–H groups in total. The Labute approximate surface area is 188 Å². The van der Waals surface area contributed by atoms with Crippen molar-refractivity contribution in [3.05, 3.63) is 0 Å². The normalized spacial score (nSPS) is 15.1. The van der Waals surface area contributed by atoms with Crippen LogP contribution in [0.15, 0.2) is 0 Å². The highest BCUT2D eigenvalue weighted by molar-refractivity contribution is 8.10. The second-order valence-electron chi connectivity index (χ2n) is 9.07. The van der Waals surface area contributed by atoms with Gasteiger partial charge >= 0.3 is 0 Å². The van der Waals surface area contributed by atoms with Gasteiger partial charge < -0.3 is 4.90 Å². The molecule has 0 aromatic carbocycles. The Morgan fingerprint density at radius 3 is 1.46 bits per heavy atom. The minimum Gasteiger partial charge on any atom is -0.355 e. The van der Waals surface area contributed by atoms with Gasteiger partial charge in [-0.1, -0.05) is 135 Å². The Balaban J connectivity index is 1.84. The lowest BCUT2D eigenvalue weighted by molar-refractivity contribution is 0.246. The zero-order chi connectivity index (χ0) is 20.3. The quantitative estimate of drug-likeness (QED) is 0.132. The van der Waals surface area contributed by atoms with Gasteiger partial charge in [-0.15, -0.1) is 12.6 Å². The number of hydrogen-bond donors (Lipinski definition) is 1. The number of thiocarbonyl (C=S) groups is 1. The van der Waals surface area contributed by atoms with Gasteiger partial charge in [0.2, 0.25) is 0 Å². The van der Waals surface area contributed by atoms with Crippen molar-refractivity contribution in [3.63, 3.8) is 0 Å². The van der Waals surface area contributed by atoms with Crippen LogP contribution in [0.25, 0.3) is 0 Å². The van der Waals surface area contributed by atoms with Gasteiger partial charge in [-0.3, -0.25) is 0 Å². The zero-order valence-corrected chi connectivity index (χ0v) is 20.6. The first-order valence-corrected chi connectivity index (χ1v) is 13.6. The maximum absolute atomic E-state index is 5.40. The van der Waals surface area contributed by atoms with Gasteiger partial charge in [0.15, 0.2) is 0 Å². The molecule has 1 fully saturated rings. The summed E-state index contributed by atoms with van der Waals surface area (Å²) in [6.45, 7) is 3.43. The number of nitrogens with zero attached hydrogens (tertiary/aromatic N) is 1. The molecule has 3 heteroatoms. The Morgan fingerprint density at radius 1 is 0.679 bits per heavy atom. The maximum atomic E-state index is 5.40. The fourth-order valence-corrected chi connectivity index (χ4v) is 5.16. The van der Waals surface area contributed by atoms with E-state index in [-0.39, 0.29) is 0 Å². The maximum Gasteiger partial charge on any atom is 0.133 e. The first-order chi connectivity index (χ1) is 13.8. The molecular weight excluding hydrogens is 378 g/mol. The lowest BCUT2D eigenvalue weighted by atomic mass is 9.94. The van der Waals surface area contributed by atoms with E-state index in [0.29, 0.717) is 6.04 Å². The SMILES string of the molecule is CCCCCCCCCCCCCCCCCCN(C(=S)S)C1CCCCC1. The van der Waals surface area contributed by atoms with Crippen LogP contribution >= 0.6 is 24.8 Å². The van der Waals surface area contributed by atoms with E-state index in [1.54, 1.807) is 0 Å². The van der Waals surface area contributed by atoms with E-state index in [1.807, 2.05) is 0 Å². The van der Waals surface area contributed by atoms with E-state index in [4.69, 9.17) is 12.2 Å². The second kappa shape index (κ2) is 19.2. The molecule has 0 aromatic rings. The molecule has 0 saturated heterocycles. The molecule has 1 aliphatic rings. The van der Waals surface area contributed by atoms with E-state index < -0.39 is 0 Å². The topological polar surface area (TPSA) is 3.24 Å². The van der Waals surface area contributed by atoms with Gasteiger partial charge in [0.05, 0.1) is 0 Å². The molecule has 28 heavy (non-hydrogen) atoms. The van der Waals surface area contributed by atoms with Crippen LogP contribution in [-0.2, 0) is 0 Å². The van der Waals surface area contributed by atoms with Gasteiger partial charge in [0, 0.05) is 12.6 Å². The minimum absolute atomic E-state index is 0.676. The van der Waals surface area contributed by atoms with Crippen LogP contribution < -0.4 is 0 Å². The third-order valence-corrected chi connectivity index (χ3v) is 7.01. The second-order valence-corrected chi connectivity index (χ2v) is 10.2. The number of thiol groups is 1. The molecule has 0 aromatic heterocycles. The van der Waals surface area contributed by atoms with Crippen molar-refractivity contribution in [2.75, 3.05) is 6.54 Å². The van der Waals surface area contributed by atoms with E-state index in [1.165, 1.54) is 135 Å². The molecule has 0 radical (unpaired) electrons. The molecule has 1 saturated carbocycles. The Hall–Kier alpha value is 0.240. The third kappa shape index (κ3) is 14.3. The first kappa shape index (κ1) is 26.3. The molecule has 0 amide bonds. The summed E-state index contributed by atoms with van der Waals surface area (Å²) in [7, 11) is 0. The van der Waals surface area contributed by atoms with Crippen molar-refractivity contribution in [1.82, 2.24) is 4.90 Å². The van der Waals surface area contributed by atoms with Crippen LogP contribution in [0.1, 0.15) is 142 Å². The van der Waals surface area contributed by atoms with E-state index in [2.05, 4.69) is 24.5 Å². The number of rotatable bonds is 18. The predicted molar refractivity (Wildman–Crippen MR) is 135 cm³/mol. The van der Waals surface area contributed by atoms with Crippen LogP contribution in [-0.4, -0.2) is 21.8 Å². The third-order valence-electron chi connectivity index (χ3n) is 6.51. The Bertz CT molecular complexity index is 352. The summed E-state index contributed by atoms with van der Waals surface area (Å²) in [6, 6.07) is 0.676. The minimum atomic E-state index is 0.676. The van der Waals surface area contributed by atoms with Crippen LogP contribution in [0.5, 0.6) is 0 Å². The zero-order valence-electron chi connectivity index (χ0n) is 18.9. The lowest BCUT2D eigenvalue weighted by Gasteiger charge is -2.35. The molecule has 0 aliphatic heterocycles. The van der Waals surface area contributed by atoms with Crippen molar-refractivity contribution < 1.29 is 0 Å². The molecule has 0 spiro atoms. The molecule has 1 rings (SSSR count). The van der Waals surface area contributed by atoms with E-state index in [9.17, 15) is 0 Å². The first-order valence-electron chi connectivity index (χ1n) is 12.7. The smallest absolute Gasteiger partial charge is 0.133 e. The van der Waals surface area contributed by atoms with Gasteiger partial charge in [0.1, 0.15) is 4.32 Å². The van der Waals surface area contributed by atoms with Crippen molar-refractivity contribution >= 4 is 29.2 Å². The molecule has 0 unspecified atom stereocenters. The fourth-order valence-electron chi connectivity index (χ4n) is 4.66. The Kier molecular flexibility index (Phi) is 18.0. The summed E-state index contributed by atoms with van der Waals surface area (Å²) in [6.07, 6.45) is 29.7. The van der Waals surface area contributed by atoms with Crippen LogP contribution in [0.3, 0.4) is 0 Å². The molecule has 1 nitrogen and oxygen atoms in total. The largest absolute Gasteiger partial charge is 0.355 e. The van der Waals surface area contributed by atoms with Crippen LogP contribution in [0, 0.1) is 0 Å². The van der Waals surface area contributed by atoms with Crippen molar-refractivity contribution in [1.29, 1.82) is 0 Å². The lowest BCUT2D eigenvalue weighted by Crippen LogP contribution is -2.39. The highest BCUT2D eigenvalue weighted by Crippen LogP contribution is 2.24. The predicted octanol–water partition coefficient (Wildman–Crippen LogP) is 9.10. The van der Waals surface area contributed by atoms with Crippen molar-refractivity contribution in [2.45, 2.75) is 148 Å². The summed E-state index contributed by atoms with van der Waals surface area (Å²) >= 11 is 9.89. The molecule has 0 bridgehead atoms. The summed E-state index contributed by atoms with van der Waals surface area (Å²) < 4.78 is 0.827. The monoisotopic (exact) mass is 427 g/mol. The van der Waals surface area contributed by atoms with Crippen LogP contribution in [0.4, 0.5) is 0 Å². The summed E-state index contributed by atoms with van der Waals surface area (Å²) in [5.74, 6) is 0. The number of unbranched alkanes of at least 4 members (excludes halogenated alkanes) is 15. The van der Waals surface area contributed by atoms with Crippen LogP contribution in [0.2, 0.25) is 0 Å². The highest BCUT2D eigenvalue weighted by Gasteiger charge is 2.21. The van der Waals surface area contributed by atoms with Gasteiger partial charge in [0.25, 0.3) is 0 Å². The fraction of sp³-hybridized carbons (Fsp3) is 0.960. The average molecular weight is 428 g/mol. The van der Waals surface area contributed by atoms with Crippen molar-refractivity contribution in [2.24, 2.45) is 0 Å². The summed E-state index contributed by atoms with van der Waals surface area (Å²) in [5.41, 5.74) is 0.